The van der Waals surface area contributed by atoms with Gasteiger partial charge in [-0.25, -0.2) is 0 Å². The molecule has 0 aromatic carbocycles. The number of esters is 1. The van der Waals surface area contributed by atoms with Crippen LogP contribution in [0, 0.1) is 5.92 Å². The summed E-state index contributed by atoms with van der Waals surface area (Å²) < 4.78 is 4.52. The highest BCUT2D eigenvalue weighted by Crippen LogP contribution is 1.94. The summed E-state index contributed by atoms with van der Waals surface area (Å²) in [5.74, 6) is 0.210. The first kappa shape index (κ1) is 11.4. The number of methoxy groups -OCH3 is 1. The smallest absolute Gasteiger partial charge is 0.319 e. The van der Waals surface area contributed by atoms with E-state index in [0.29, 0.717) is 19.0 Å². The van der Waals surface area contributed by atoms with Crippen molar-refractivity contribution in [2.75, 3.05) is 33.8 Å². The van der Waals surface area contributed by atoms with E-state index in [9.17, 15) is 4.79 Å². The van der Waals surface area contributed by atoms with Gasteiger partial charge in [-0.3, -0.25) is 9.69 Å². The average molecular weight is 174 g/mol. The molecule has 0 amide bonds. The normalized spacial score (nSPS) is 13.1. The van der Waals surface area contributed by atoms with Gasteiger partial charge in [0.05, 0.1) is 13.7 Å². The van der Waals surface area contributed by atoms with Gasteiger partial charge < -0.3 is 10.5 Å². The largest absolute Gasteiger partial charge is 0.468 e. The summed E-state index contributed by atoms with van der Waals surface area (Å²) in [5, 5.41) is 0. The van der Waals surface area contributed by atoms with Gasteiger partial charge in [0.25, 0.3) is 0 Å². The number of likely N-dealkylation sites (N-methyl/N-ethyl adjacent to an activating group) is 1. The van der Waals surface area contributed by atoms with Crippen molar-refractivity contribution in [1.82, 2.24) is 4.90 Å². The highest BCUT2D eigenvalue weighted by atomic mass is 16.5. The molecule has 0 saturated carbocycles. The topological polar surface area (TPSA) is 55.6 Å². The van der Waals surface area contributed by atoms with Crippen molar-refractivity contribution in [3.05, 3.63) is 0 Å². The molecule has 2 N–H and O–H groups in total. The lowest BCUT2D eigenvalue weighted by Gasteiger charge is -2.18. The minimum Gasteiger partial charge on any atom is -0.468 e. The van der Waals surface area contributed by atoms with E-state index in [1.807, 2.05) is 18.9 Å². The van der Waals surface area contributed by atoms with Crippen LogP contribution in [0.15, 0.2) is 0 Å². The fourth-order valence-electron chi connectivity index (χ4n) is 0.956. The van der Waals surface area contributed by atoms with E-state index < -0.39 is 0 Å². The van der Waals surface area contributed by atoms with Gasteiger partial charge in [-0.1, -0.05) is 6.92 Å². The Morgan fingerprint density at radius 3 is 2.67 bits per heavy atom. The summed E-state index contributed by atoms with van der Waals surface area (Å²) in [4.78, 5) is 12.7. The lowest BCUT2D eigenvalue weighted by molar-refractivity contribution is -0.141. The fraction of sp³-hybridized carbons (Fsp3) is 0.875. The summed E-state index contributed by atoms with van der Waals surface area (Å²) in [6.07, 6.45) is 0. The number of carbonyl (C=O) groups excluding carboxylic acids is 1. The van der Waals surface area contributed by atoms with E-state index in [0.717, 1.165) is 6.54 Å². The first-order chi connectivity index (χ1) is 5.60. The summed E-state index contributed by atoms with van der Waals surface area (Å²) in [7, 11) is 3.27. The number of ether oxygens (including phenoxy) is 1. The second kappa shape index (κ2) is 5.97. The standard InChI is InChI=1S/C8H18N2O2/c1-7(4-9)5-10(2)6-8(11)12-3/h7H,4-6,9H2,1-3H3. The maximum atomic E-state index is 10.8. The maximum absolute atomic E-state index is 10.8. The first-order valence-electron chi connectivity index (χ1n) is 4.05. The van der Waals surface area contributed by atoms with Crippen LogP contribution in [0.4, 0.5) is 0 Å². The predicted molar refractivity (Wildman–Crippen MR) is 47.7 cm³/mol. The Morgan fingerprint density at radius 2 is 2.25 bits per heavy atom. The Morgan fingerprint density at radius 1 is 1.67 bits per heavy atom. The van der Waals surface area contributed by atoms with E-state index in [-0.39, 0.29) is 5.97 Å². The zero-order valence-electron chi connectivity index (χ0n) is 8.04. The van der Waals surface area contributed by atoms with E-state index in [2.05, 4.69) is 4.74 Å². The molecule has 0 aliphatic heterocycles. The van der Waals surface area contributed by atoms with Gasteiger partial charge in [0, 0.05) is 6.54 Å². The summed E-state index contributed by atoms with van der Waals surface area (Å²) in [5.41, 5.74) is 5.44. The number of carbonyl (C=O) groups is 1. The lowest BCUT2D eigenvalue weighted by atomic mass is 10.2. The van der Waals surface area contributed by atoms with Crippen molar-refractivity contribution < 1.29 is 9.53 Å². The van der Waals surface area contributed by atoms with Gasteiger partial charge in [-0.05, 0) is 19.5 Å². The highest BCUT2D eigenvalue weighted by molar-refractivity contribution is 5.71. The van der Waals surface area contributed by atoms with Crippen molar-refractivity contribution in [2.24, 2.45) is 11.7 Å². The van der Waals surface area contributed by atoms with Crippen LogP contribution in [0.5, 0.6) is 0 Å². The second-order valence-corrected chi connectivity index (χ2v) is 3.11. The molecule has 0 saturated heterocycles. The fourth-order valence-corrected chi connectivity index (χ4v) is 0.956. The molecule has 4 nitrogen and oxygen atoms in total. The molecule has 0 aliphatic rings. The second-order valence-electron chi connectivity index (χ2n) is 3.11. The average Bonchev–Trinajstić information content (AvgIpc) is 2.03. The Kier molecular flexibility index (Phi) is 5.66. The van der Waals surface area contributed by atoms with Gasteiger partial charge in [-0.2, -0.15) is 0 Å². The molecule has 0 spiro atoms. The molecule has 1 atom stereocenters. The third kappa shape index (κ3) is 5.09. The number of rotatable bonds is 5. The first-order valence-corrected chi connectivity index (χ1v) is 4.05. The maximum Gasteiger partial charge on any atom is 0.319 e. The number of hydrogen-bond donors (Lipinski definition) is 1. The van der Waals surface area contributed by atoms with Crippen LogP contribution in [0.25, 0.3) is 0 Å². The van der Waals surface area contributed by atoms with Crippen LogP contribution in [-0.2, 0) is 9.53 Å². The molecular formula is C8H18N2O2. The van der Waals surface area contributed by atoms with Crippen molar-refractivity contribution in [3.8, 4) is 0 Å². The summed E-state index contributed by atoms with van der Waals surface area (Å²) >= 11 is 0. The van der Waals surface area contributed by atoms with Crippen LogP contribution >= 0.6 is 0 Å². The van der Waals surface area contributed by atoms with Crippen molar-refractivity contribution in [1.29, 1.82) is 0 Å². The molecule has 0 radical (unpaired) electrons. The van der Waals surface area contributed by atoms with Gasteiger partial charge in [0.1, 0.15) is 0 Å². The third-order valence-corrected chi connectivity index (χ3v) is 1.65. The number of hydrogen-bond acceptors (Lipinski definition) is 4. The molecule has 0 aromatic rings. The Bertz CT molecular complexity index is 139. The number of nitrogens with zero attached hydrogens (tertiary/aromatic N) is 1. The van der Waals surface area contributed by atoms with Gasteiger partial charge in [-0.15, -0.1) is 0 Å². The highest BCUT2D eigenvalue weighted by Gasteiger charge is 2.08. The molecule has 4 heteroatoms. The molecule has 0 aromatic heterocycles. The van der Waals surface area contributed by atoms with E-state index in [1.165, 1.54) is 7.11 Å². The van der Waals surface area contributed by atoms with Gasteiger partial charge in [0.2, 0.25) is 0 Å². The third-order valence-electron chi connectivity index (χ3n) is 1.65. The molecule has 0 bridgehead atoms. The minimum atomic E-state index is -0.207. The van der Waals surface area contributed by atoms with Crippen LogP contribution in [0.2, 0.25) is 0 Å². The van der Waals surface area contributed by atoms with Crippen molar-refractivity contribution in [3.63, 3.8) is 0 Å². The molecule has 12 heavy (non-hydrogen) atoms. The molecule has 72 valence electrons. The van der Waals surface area contributed by atoms with E-state index in [4.69, 9.17) is 5.73 Å². The van der Waals surface area contributed by atoms with Gasteiger partial charge >= 0.3 is 5.97 Å². The van der Waals surface area contributed by atoms with E-state index >= 15 is 0 Å². The Labute approximate surface area is 73.7 Å². The number of nitrogens with two attached hydrogens (primary N) is 1. The van der Waals surface area contributed by atoms with E-state index in [1.54, 1.807) is 0 Å². The molecule has 0 fully saturated rings. The minimum absolute atomic E-state index is 0.207. The van der Waals surface area contributed by atoms with Crippen LogP contribution in [0.1, 0.15) is 6.92 Å². The Balaban J connectivity index is 3.58. The zero-order valence-corrected chi connectivity index (χ0v) is 8.04. The molecule has 1 unspecified atom stereocenters. The molecular weight excluding hydrogens is 156 g/mol. The molecule has 0 heterocycles. The lowest BCUT2D eigenvalue weighted by Crippen LogP contribution is -2.32. The summed E-state index contributed by atoms with van der Waals surface area (Å²) in [6.45, 7) is 3.85. The zero-order chi connectivity index (χ0) is 9.56. The van der Waals surface area contributed by atoms with Crippen molar-refractivity contribution >= 4 is 5.97 Å². The quantitative estimate of drug-likeness (QED) is 0.581. The van der Waals surface area contributed by atoms with Crippen LogP contribution in [-0.4, -0.2) is 44.7 Å². The predicted octanol–water partition coefficient (Wildman–Crippen LogP) is -0.314. The molecule has 0 rings (SSSR count). The molecule has 0 aliphatic carbocycles. The monoisotopic (exact) mass is 174 g/mol. The summed E-state index contributed by atoms with van der Waals surface area (Å²) in [6, 6.07) is 0. The Hall–Kier alpha value is -0.610. The SMILES string of the molecule is COC(=O)CN(C)CC(C)CN. The van der Waals surface area contributed by atoms with Crippen LogP contribution in [0.3, 0.4) is 0 Å². The van der Waals surface area contributed by atoms with Gasteiger partial charge in [0.15, 0.2) is 0 Å². The van der Waals surface area contributed by atoms with Crippen LogP contribution < -0.4 is 5.73 Å². The van der Waals surface area contributed by atoms with Crippen molar-refractivity contribution in [2.45, 2.75) is 6.92 Å².